The number of fused-ring (bicyclic) bond motifs is 2. The summed E-state index contributed by atoms with van der Waals surface area (Å²) in [5, 5.41) is 4.92. The molecule has 1 heterocycles. The quantitative estimate of drug-likeness (QED) is 0.759. The highest BCUT2D eigenvalue weighted by Gasteiger charge is 2.40. The van der Waals surface area contributed by atoms with Crippen LogP contribution in [0.5, 0.6) is 0 Å². The number of hydrogen-bond acceptors (Lipinski definition) is 3. The number of nitrogens with zero attached hydrogens (tertiary/aromatic N) is 1. The van der Waals surface area contributed by atoms with Gasteiger partial charge < -0.3 is 5.32 Å². The van der Waals surface area contributed by atoms with Crippen molar-refractivity contribution in [2.45, 2.75) is 45.6 Å². The van der Waals surface area contributed by atoms with Gasteiger partial charge in [0, 0.05) is 18.3 Å². The number of nitrogens with one attached hydrogen (secondary N) is 1. The zero-order valence-corrected chi connectivity index (χ0v) is 11.1. The fourth-order valence-corrected chi connectivity index (χ4v) is 4.32. The summed E-state index contributed by atoms with van der Waals surface area (Å²) in [6.45, 7) is 5.60. The molecule has 0 aromatic carbocycles. The maximum absolute atomic E-state index is 4.70. The van der Waals surface area contributed by atoms with Gasteiger partial charge in [-0.3, -0.25) is 4.99 Å². The Hall–Kier alpha value is -0.180. The molecule has 0 aromatic heterocycles. The Morgan fingerprint density at radius 3 is 2.75 bits per heavy atom. The van der Waals surface area contributed by atoms with Crippen molar-refractivity contribution < 1.29 is 0 Å². The van der Waals surface area contributed by atoms with Gasteiger partial charge in [0.05, 0.1) is 0 Å². The van der Waals surface area contributed by atoms with E-state index in [4.69, 9.17) is 4.99 Å². The Labute approximate surface area is 103 Å². The van der Waals surface area contributed by atoms with Crippen LogP contribution in [0.2, 0.25) is 0 Å². The van der Waals surface area contributed by atoms with Gasteiger partial charge in [0.15, 0.2) is 5.17 Å². The molecule has 3 unspecified atom stereocenters. The lowest BCUT2D eigenvalue weighted by molar-refractivity contribution is 0.388. The van der Waals surface area contributed by atoms with Crippen molar-refractivity contribution in [3.8, 4) is 0 Å². The summed E-state index contributed by atoms with van der Waals surface area (Å²) in [5.41, 5.74) is 0.393. The minimum atomic E-state index is 0.393. The van der Waals surface area contributed by atoms with Crippen molar-refractivity contribution in [2.75, 3.05) is 12.3 Å². The number of amidine groups is 1. The summed E-state index contributed by atoms with van der Waals surface area (Å²) in [6, 6.07) is 0.742. The average molecular weight is 238 g/mol. The van der Waals surface area contributed by atoms with Crippen LogP contribution in [0.1, 0.15) is 39.5 Å². The molecule has 1 aliphatic heterocycles. The molecule has 0 amide bonds. The smallest absolute Gasteiger partial charge is 0.156 e. The van der Waals surface area contributed by atoms with E-state index < -0.39 is 0 Å². The molecule has 16 heavy (non-hydrogen) atoms. The van der Waals surface area contributed by atoms with Gasteiger partial charge in [0.1, 0.15) is 0 Å². The fraction of sp³-hybridized carbons (Fsp3) is 0.923. The Morgan fingerprint density at radius 2 is 2.19 bits per heavy atom. The van der Waals surface area contributed by atoms with E-state index in [1.165, 1.54) is 36.6 Å². The Bertz CT molecular complexity index is 311. The second kappa shape index (κ2) is 3.94. The first-order valence-electron chi connectivity index (χ1n) is 6.56. The third kappa shape index (κ3) is 2.11. The summed E-state index contributed by atoms with van der Waals surface area (Å²) >= 11 is 1.92. The first-order valence-corrected chi connectivity index (χ1v) is 7.55. The zero-order chi connectivity index (χ0) is 11.2. The van der Waals surface area contributed by atoms with E-state index in [9.17, 15) is 0 Å². The maximum Gasteiger partial charge on any atom is 0.156 e. The van der Waals surface area contributed by atoms with Gasteiger partial charge in [0.25, 0.3) is 0 Å². The van der Waals surface area contributed by atoms with E-state index in [0.29, 0.717) is 5.41 Å². The molecule has 3 heteroatoms. The Morgan fingerprint density at radius 1 is 1.31 bits per heavy atom. The lowest BCUT2D eigenvalue weighted by atomic mass is 9.95. The molecule has 2 fully saturated rings. The van der Waals surface area contributed by atoms with Crippen LogP contribution >= 0.6 is 11.8 Å². The maximum atomic E-state index is 4.70. The summed E-state index contributed by atoms with van der Waals surface area (Å²) in [7, 11) is 0. The highest BCUT2D eigenvalue weighted by atomic mass is 32.2. The molecule has 90 valence electrons. The normalized spacial score (nSPS) is 40.9. The van der Waals surface area contributed by atoms with Gasteiger partial charge in [-0.25, -0.2) is 0 Å². The fourth-order valence-electron chi connectivity index (χ4n) is 3.31. The first kappa shape index (κ1) is 10.9. The van der Waals surface area contributed by atoms with Gasteiger partial charge in [0.2, 0.25) is 0 Å². The van der Waals surface area contributed by atoms with E-state index in [2.05, 4.69) is 19.2 Å². The van der Waals surface area contributed by atoms with Crippen LogP contribution in [0.25, 0.3) is 0 Å². The molecule has 0 spiro atoms. The van der Waals surface area contributed by atoms with E-state index >= 15 is 0 Å². The molecule has 1 N–H and O–H groups in total. The third-order valence-electron chi connectivity index (χ3n) is 4.30. The minimum Gasteiger partial charge on any atom is -0.362 e. The molecule has 0 radical (unpaired) electrons. The molecule has 2 bridgehead atoms. The predicted octanol–water partition coefficient (Wildman–Crippen LogP) is 2.89. The topological polar surface area (TPSA) is 24.4 Å². The second-order valence-electron chi connectivity index (χ2n) is 6.50. The van der Waals surface area contributed by atoms with Gasteiger partial charge in [-0.1, -0.05) is 32.0 Å². The van der Waals surface area contributed by atoms with Crippen LogP contribution in [0, 0.1) is 17.3 Å². The van der Waals surface area contributed by atoms with Crippen molar-refractivity contribution in [1.82, 2.24) is 5.32 Å². The van der Waals surface area contributed by atoms with Crippen LogP contribution in [0.4, 0.5) is 0 Å². The van der Waals surface area contributed by atoms with Crippen molar-refractivity contribution in [3.05, 3.63) is 0 Å². The molecule has 3 atom stereocenters. The van der Waals surface area contributed by atoms with Gasteiger partial charge in [-0.15, -0.1) is 0 Å². The second-order valence-corrected chi connectivity index (χ2v) is 7.46. The molecule has 3 aliphatic rings. The van der Waals surface area contributed by atoms with Crippen LogP contribution in [0.3, 0.4) is 0 Å². The standard InChI is InChI=1S/C13H22N2S/c1-13(2)7-14-12(16-8-13)15-11-6-9-3-4-10(11)5-9/h9-11H,3-8H2,1-2H3,(H,14,15). The van der Waals surface area contributed by atoms with Crippen molar-refractivity contribution in [2.24, 2.45) is 22.2 Å². The lowest BCUT2D eigenvalue weighted by Gasteiger charge is -2.30. The molecule has 0 saturated heterocycles. The van der Waals surface area contributed by atoms with E-state index in [0.717, 1.165) is 24.4 Å². The number of thioether (sulfide) groups is 1. The Kier molecular flexibility index (Phi) is 2.69. The van der Waals surface area contributed by atoms with E-state index in [-0.39, 0.29) is 0 Å². The van der Waals surface area contributed by atoms with Gasteiger partial charge in [-0.05, 0) is 36.5 Å². The lowest BCUT2D eigenvalue weighted by Crippen LogP contribution is -2.40. The molecule has 2 nitrogen and oxygen atoms in total. The monoisotopic (exact) mass is 238 g/mol. The summed E-state index contributed by atoms with van der Waals surface area (Å²) in [5.74, 6) is 3.18. The molecular weight excluding hydrogens is 216 g/mol. The molecule has 2 aliphatic carbocycles. The number of hydrogen-bond donors (Lipinski definition) is 1. The SMILES string of the molecule is CC1(C)CN=C(NC2CC3CCC2C3)SC1. The van der Waals surface area contributed by atoms with Crippen molar-refractivity contribution >= 4 is 16.9 Å². The Balaban J connectivity index is 1.58. The summed E-state index contributed by atoms with van der Waals surface area (Å²) in [4.78, 5) is 4.70. The first-order chi connectivity index (χ1) is 7.62. The van der Waals surface area contributed by atoms with Gasteiger partial charge >= 0.3 is 0 Å². The van der Waals surface area contributed by atoms with Crippen molar-refractivity contribution in [1.29, 1.82) is 0 Å². The average Bonchev–Trinajstić information content (AvgIpc) is 2.83. The highest BCUT2D eigenvalue weighted by molar-refractivity contribution is 8.13. The van der Waals surface area contributed by atoms with Crippen molar-refractivity contribution in [3.63, 3.8) is 0 Å². The number of rotatable bonds is 1. The highest BCUT2D eigenvalue weighted by Crippen LogP contribution is 2.44. The van der Waals surface area contributed by atoms with Gasteiger partial charge in [-0.2, -0.15) is 0 Å². The zero-order valence-electron chi connectivity index (χ0n) is 10.3. The summed E-state index contributed by atoms with van der Waals surface area (Å²) < 4.78 is 0. The van der Waals surface area contributed by atoms with Crippen LogP contribution in [-0.2, 0) is 0 Å². The predicted molar refractivity (Wildman–Crippen MR) is 70.9 cm³/mol. The molecule has 3 rings (SSSR count). The van der Waals surface area contributed by atoms with Crippen LogP contribution in [-0.4, -0.2) is 23.5 Å². The third-order valence-corrected chi connectivity index (χ3v) is 5.74. The largest absolute Gasteiger partial charge is 0.362 e. The van der Waals surface area contributed by atoms with E-state index in [1.54, 1.807) is 0 Å². The molecule has 0 aromatic rings. The number of aliphatic imine (C=N–C) groups is 1. The minimum absolute atomic E-state index is 0.393. The molecule has 2 saturated carbocycles. The van der Waals surface area contributed by atoms with Crippen LogP contribution < -0.4 is 5.32 Å². The summed E-state index contributed by atoms with van der Waals surface area (Å²) in [6.07, 6.45) is 5.80. The molecular formula is C13H22N2S. The van der Waals surface area contributed by atoms with E-state index in [1.807, 2.05) is 11.8 Å². The van der Waals surface area contributed by atoms with Crippen LogP contribution in [0.15, 0.2) is 4.99 Å².